The molecule has 0 saturated carbocycles. The lowest BCUT2D eigenvalue weighted by molar-refractivity contribution is 0.102. The molecule has 3 rings (SSSR count). The van der Waals surface area contributed by atoms with Crippen molar-refractivity contribution < 1.29 is 4.79 Å². The van der Waals surface area contributed by atoms with E-state index in [1.807, 2.05) is 30.3 Å². The van der Waals surface area contributed by atoms with Crippen LogP contribution in [0.25, 0.3) is 0 Å². The molecule has 2 N–H and O–H groups in total. The van der Waals surface area contributed by atoms with E-state index in [4.69, 9.17) is 0 Å². The third-order valence-electron chi connectivity index (χ3n) is 3.68. The van der Waals surface area contributed by atoms with Crippen molar-refractivity contribution in [3.05, 3.63) is 88.0 Å². The van der Waals surface area contributed by atoms with Gasteiger partial charge >= 0.3 is 0 Å². The second-order valence-electron chi connectivity index (χ2n) is 5.73. The Morgan fingerprint density at radius 1 is 1.08 bits per heavy atom. The Kier molecular flexibility index (Phi) is 5.46. The van der Waals surface area contributed by atoms with Crippen molar-refractivity contribution in [3.8, 4) is 0 Å². The number of benzene rings is 2. The van der Waals surface area contributed by atoms with Crippen LogP contribution in [0.5, 0.6) is 0 Å². The number of halogens is 1. The third-order valence-corrected chi connectivity index (χ3v) is 4.21. The molecule has 1 heterocycles. The second kappa shape index (κ2) is 7.94. The maximum absolute atomic E-state index is 12.4. The van der Waals surface area contributed by atoms with Gasteiger partial charge in [-0.1, -0.05) is 45.8 Å². The Morgan fingerprint density at radius 2 is 1.88 bits per heavy atom. The molecule has 1 aromatic heterocycles. The summed E-state index contributed by atoms with van der Waals surface area (Å²) < 4.78 is 0.969. The highest BCUT2D eigenvalue weighted by Crippen LogP contribution is 2.16. The van der Waals surface area contributed by atoms with Crippen molar-refractivity contribution in [2.75, 3.05) is 10.6 Å². The number of nitrogens with zero attached hydrogens (tertiary/aromatic N) is 1. The van der Waals surface area contributed by atoms with Gasteiger partial charge in [0.1, 0.15) is 5.82 Å². The van der Waals surface area contributed by atoms with Crippen LogP contribution in [0, 0.1) is 6.92 Å². The first-order chi connectivity index (χ1) is 12.1. The van der Waals surface area contributed by atoms with Crippen molar-refractivity contribution in [1.82, 2.24) is 4.98 Å². The van der Waals surface area contributed by atoms with Crippen LogP contribution in [0.2, 0.25) is 0 Å². The Morgan fingerprint density at radius 3 is 2.64 bits per heavy atom. The van der Waals surface area contributed by atoms with E-state index in [1.54, 1.807) is 18.3 Å². The summed E-state index contributed by atoms with van der Waals surface area (Å²) in [5.74, 6) is 0.508. The number of carbonyl (C=O) groups excluding carboxylic acids is 1. The summed E-state index contributed by atoms with van der Waals surface area (Å²) >= 11 is 3.38. The maximum Gasteiger partial charge on any atom is 0.255 e. The number of anilines is 2. The Balaban J connectivity index is 1.66. The largest absolute Gasteiger partial charge is 0.366 e. The molecule has 0 aliphatic heterocycles. The molecular weight excluding hydrogens is 378 g/mol. The van der Waals surface area contributed by atoms with Crippen LogP contribution in [-0.2, 0) is 6.54 Å². The monoisotopic (exact) mass is 395 g/mol. The number of nitrogens with one attached hydrogen (secondary N) is 2. The molecule has 5 heteroatoms. The number of amides is 1. The average molecular weight is 396 g/mol. The molecule has 3 aromatic rings. The molecule has 0 unspecified atom stereocenters. The SMILES string of the molecule is Cc1cccc(CNc2cc(C(=O)Nc3ccc(Br)cc3)ccn2)c1. The van der Waals surface area contributed by atoms with Crippen molar-refractivity contribution in [1.29, 1.82) is 0 Å². The molecule has 126 valence electrons. The summed E-state index contributed by atoms with van der Waals surface area (Å²) in [6.07, 6.45) is 1.63. The van der Waals surface area contributed by atoms with Gasteiger partial charge in [0.05, 0.1) is 0 Å². The summed E-state index contributed by atoms with van der Waals surface area (Å²) in [6.45, 7) is 2.72. The van der Waals surface area contributed by atoms with Crippen LogP contribution in [0.4, 0.5) is 11.5 Å². The summed E-state index contributed by atoms with van der Waals surface area (Å²) in [5, 5.41) is 6.14. The van der Waals surface area contributed by atoms with Crippen LogP contribution >= 0.6 is 15.9 Å². The summed E-state index contributed by atoms with van der Waals surface area (Å²) in [7, 11) is 0. The molecule has 0 aliphatic carbocycles. The molecule has 0 atom stereocenters. The molecule has 0 spiro atoms. The number of aryl methyl sites for hydroxylation is 1. The lowest BCUT2D eigenvalue weighted by atomic mass is 10.1. The fraction of sp³-hybridized carbons (Fsp3) is 0.100. The number of rotatable bonds is 5. The fourth-order valence-electron chi connectivity index (χ4n) is 2.42. The highest BCUT2D eigenvalue weighted by Gasteiger charge is 2.07. The predicted molar refractivity (Wildman–Crippen MR) is 105 cm³/mol. The molecule has 0 radical (unpaired) electrons. The van der Waals surface area contributed by atoms with Crippen molar-refractivity contribution in [3.63, 3.8) is 0 Å². The number of pyridine rings is 1. The van der Waals surface area contributed by atoms with Gasteiger partial charge < -0.3 is 10.6 Å². The molecule has 0 saturated heterocycles. The average Bonchev–Trinajstić information content (AvgIpc) is 2.62. The Labute approximate surface area is 155 Å². The van der Waals surface area contributed by atoms with Crippen LogP contribution in [0.15, 0.2) is 71.3 Å². The fourth-order valence-corrected chi connectivity index (χ4v) is 2.68. The second-order valence-corrected chi connectivity index (χ2v) is 6.65. The summed E-state index contributed by atoms with van der Waals surface area (Å²) in [5.41, 5.74) is 3.70. The van der Waals surface area contributed by atoms with Gasteiger partial charge in [0, 0.05) is 28.5 Å². The maximum atomic E-state index is 12.4. The zero-order chi connectivity index (χ0) is 17.6. The predicted octanol–water partition coefficient (Wildman–Crippen LogP) is 5.02. The van der Waals surface area contributed by atoms with Gasteiger partial charge in [-0.15, -0.1) is 0 Å². The number of hydrogen-bond acceptors (Lipinski definition) is 3. The van der Waals surface area contributed by atoms with E-state index in [1.165, 1.54) is 11.1 Å². The van der Waals surface area contributed by atoms with E-state index in [-0.39, 0.29) is 5.91 Å². The van der Waals surface area contributed by atoms with Crippen molar-refractivity contribution >= 4 is 33.3 Å². The van der Waals surface area contributed by atoms with Crippen LogP contribution in [0.3, 0.4) is 0 Å². The molecule has 1 amide bonds. The number of aromatic nitrogens is 1. The van der Waals surface area contributed by atoms with E-state index in [0.717, 1.165) is 10.2 Å². The topological polar surface area (TPSA) is 54.0 Å². The third kappa shape index (κ3) is 4.90. The number of carbonyl (C=O) groups is 1. The highest BCUT2D eigenvalue weighted by atomic mass is 79.9. The first-order valence-corrected chi connectivity index (χ1v) is 8.72. The number of hydrogen-bond donors (Lipinski definition) is 2. The van der Waals surface area contributed by atoms with Crippen LogP contribution in [0.1, 0.15) is 21.5 Å². The molecule has 4 nitrogen and oxygen atoms in total. The quantitative estimate of drug-likeness (QED) is 0.637. The van der Waals surface area contributed by atoms with E-state index >= 15 is 0 Å². The minimum Gasteiger partial charge on any atom is -0.366 e. The van der Waals surface area contributed by atoms with Gasteiger partial charge in [0.2, 0.25) is 0 Å². The standard InChI is InChI=1S/C20H18BrN3O/c1-14-3-2-4-15(11-14)13-23-19-12-16(9-10-22-19)20(25)24-18-7-5-17(21)6-8-18/h2-12H,13H2,1H3,(H,22,23)(H,24,25). The van der Waals surface area contributed by atoms with E-state index < -0.39 is 0 Å². The van der Waals surface area contributed by atoms with Gasteiger partial charge in [-0.05, 0) is 48.9 Å². The normalized spacial score (nSPS) is 10.3. The minimum atomic E-state index is -0.164. The molecular formula is C20H18BrN3O. The lowest BCUT2D eigenvalue weighted by Crippen LogP contribution is -2.12. The zero-order valence-electron chi connectivity index (χ0n) is 13.8. The summed E-state index contributed by atoms with van der Waals surface area (Å²) in [6, 6.07) is 19.2. The van der Waals surface area contributed by atoms with Gasteiger partial charge in [-0.3, -0.25) is 4.79 Å². The smallest absolute Gasteiger partial charge is 0.255 e. The van der Waals surface area contributed by atoms with Crippen LogP contribution in [-0.4, -0.2) is 10.9 Å². The van der Waals surface area contributed by atoms with E-state index in [0.29, 0.717) is 17.9 Å². The van der Waals surface area contributed by atoms with E-state index in [2.05, 4.69) is 56.7 Å². The van der Waals surface area contributed by atoms with Gasteiger partial charge in [-0.25, -0.2) is 4.98 Å². The zero-order valence-corrected chi connectivity index (χ0v) is 15.4. The Bertz CT molecular complexity index is 878. The molecule has 0 bridgehead atoms. The van der Waals surface area contributed by atoms with Crippen molar-refractivity contribution in [2.45, 2.75) is 13.5 Å². The summed E-state index contributed by atoms with van der Waals surface area (Å²) in [4.78, 5) is 16.7. The molecule has 0 aliphatic rings. The molecule has 2 aromatic carbocycles. The molecule has 25 heavy (non-hydrogen) atoms. The first-order valence-electron chi connectivity index (χ1n) is 7.92. The van der Waals surface area contributed by atoms with Crippen LogP contribution < -0.4 is 10.6 Å². The van der Waals surface area contributed by atoms with Gasteiger partial charge in [-0.2, -0.15) is 0 Å². The molecule has 0 fully saturated rings. The Hall–Kier alpha value is -2.66. The first kappa shape index (κ1) is 17.2. The van der Waals surface area contributed by atoms with Crippen molar-refractivity contribution in [2.24, 2.45) is 0 Å². The lowest BCUT2D eigenvalue weighted by Gasteiger charge is -2.09. The van der Waals surface area contributed by atoms with E-state index in [9.17, 15) is 4.79 Å². The van der Waals surface area contributed by atoms with Gasteiger partial charge in [0.15, 0.2) is 0 Å². The highest BCUT2D eigenvalue weighted by molar-refractivity contribution is 9.10. The van der Waals surface area contributed by atoms with Gasteiger partial charge in [0.25, 0.3) is 5.91 Å². The minimum absolute atomic E-state index is 0.164.